The van der Waals surface area contributed by atoms with E-state index in [1.165, 1.54) is 0 Å². The number of aromatic nitrogens is 2. The van der Waals surface area contributed by atoms with Crippen molar-refractivity contribution < 1.29 is 9.32 Å². The zero-order valence-electron chi connectivity index (χ0n) is 14.4. The Bertz CT molecular complexity index is 843. The molecule has 0 spiro atoms. The van der Waals surface area contributed by atoms with Crippen molar-refractivity contribution in [2.45, 2.75) is 32.7 Å². The van der Waals surface area contributed by atoms with Gasteiger partial charge in [-0.2, -0.15) is 4.98 Å². The maximum atomic E-state index is 12.5. The topological polar surface area (TPSA) is 68.0 Å². The van der Waals surface area contributed by atoms with E-state index in [2.05, 4.69) is 15.5 Å². The van der Waals surface area contributed by atoms with Crippen LogP contribution in [0, 0.1) is 6.92 Å². The van der Waals surface area contributed by atoms with E-state index in [1.807, 2.05) is 68.4 Å². The van der Waals surface area contributed by atoms with Crippen LogP contribution in [0.5, 0.6) is 0 Å². The summed E-state index contributed by atoms with van der Waals surface area (Å²) in [6.07, 6.45) is 0.730. The molecule has 0 bridgehead atoms. The molecule has 0 aliphatic carbocycles. The average Bonchev–Trinajstić information content (AvgIpc) is 3.11. The first-order valence-electron chi connectivity index (χ1n) is 8.39. The molecule has 25 heavy (non-hydrogen) atoms. The first-order valence-corrected chi connectivity index (χ1v) is 8.39. The number of hydrogen-bond acceptors (Lipinski definition) is 4. The highest BCUT2D eigenvalue weighted by Gasteiger charge is 2.19. The summed E-state index contributed by atoms with van der Waals surface area (Å²) in [6.45, 7) is 4.24. The lowest BCUT2D eigenvalue weighted by Crippen LogP contribution is -2.28. The van der Waals surface area contributed by atoms with E-state index in [0.717, 1.165) is 23.1 Å². The number of aryl methyl sites for hydroxylation is 1. The van der Waals surface area contributed by atoms with Crippen LogP contribution < -0.4 is 5.32 Å². The van der Waals surface area contributed by atoms with Gasteiger partial charge in [0.2, 0.25) is 17.6 Å². The van der Waals surface area contributed by atoms with Crippen molar-refractivity contribution in [2.75, 3.05) is 0 Å². The molecule has 128 valence electrons. The minimum atomic E-state index is -0.180. The van der Waals surface area contributed by atoms with E-state index in [9.17, 15) is 4.79 Å². The third-order valence-corrected chi connectivity index (χ3v) is 4.08. The summed E-state index contributed by atoms with van der Waals surface area (Å²) in [5.74, 6) is 0.709. The van der Waals surface area contributed by atoms with Gasteiger partial charge in [0.1, 0.15) is 0 Å². The maximum Gasteiger partial charge on any atom is 0.246 e. The van der Waals surface area contributed by atoms with Crippen LogP contribution in [-0.4, -0.2) is 16.0 Å². The van der Waals surface area contributed by atoms with Crippen LogP contribution >= 0.6 is 0 Å². The van der Waals surface area contributed by atoms with E-state index in [1.54, 1.807) is 0 Å². The molecule has 0 radical (unpaired) electrons. The molecule has 1 amide bonds. The Hall–Kier alpha value is -2.95. The zero-order valence-corrected chi connectivity index (χ0v) is 14.4. The minimum Gasteiger partial charge on any atom is -0.346 e. The monoisotopic (exact) mass is 335 g/mol. The molecule has 0 aliphatic heterocycles. The number of benzene rings is 2. The van der Waals surface area contributed by atoms with Gasteiger partial charge in [-0.15, -0.1) is 0 Å². The second kappa shape index (κ2) is 7.75. The molecule has 1 aromatic heterocycles. The van der Waals surface area contributed by atoms with Crippen LogP contribution in [0.2, 0.25) is 0 Å². The van der Waals surface area contributed by atoms with Gasteiger partial charge in [0.25, 0.3) is 0 Å². The van der Waals surface area contributed by atoms with Crippen LogP contribution in [-0.2, 0) is 11.3 Å². The molecule has 0 fully saturated rings. The number of carbonyl (C=O) groups is 1. The van der Waals surface area contributed by atoms with Crippen molar-refractivity contribution in [1.29, 1.82) is 0 Å². The van der Waals surface area contributed by atoms with Crippen molar-refractivity contribution in [3.63, 3.8) is 0 Å². The van der Waals surface area contributed by atoms with Gasteiger partial charge in [0.05, 0.1) is 12.5 Å². The summed E-state index contributed by atoms with van der Waals surface area (Å²) >= 11 is 0. The molecule has 0 saturated carbocycles. The minimum absolute atomic E-state index is 0.0380. The predicted molar refractivity (Wildman–Crippen MR) is 95.8 cm³/mol. The quantitative estimate of drug-likeness (QED) is 0.743. The third-order valence-electron chi connectivity index (χ3n) is 4.08. The first-order chi connectivity index (χ1) is 12.2. The highest BCUT2D eigenvalue weighted by atomic mass is 16.5. The Morgan fingerprint density at radius 2 is 1.96 bits per heavy atom. The lowest BCUT2D eigenvalue weighted by Gasteiger charge is -2.14. The van der Waals surface area contributed by atoms with E-state index in [0.29, 0.717) is 11.7 Å². The zero-order chi connectivity index (χ0) is 17.6. The van der Waals surface area contributed by atoms with E-state index >= 15 is 0 Å². The fraction of sp³-hybridized carbons (Fsp3) is 0.250. The van der Waals surface area contributed by atoms with Gasteiger partial charge in [-0.1, -0.05) is 66.2 Å². The second-order valence-electron chi connectivity index (χ2n) is 5.97. The molecule has 0 aliphatic rings. The van der Waals surface area contributed by atoms with Crippen molar-refractivity contribution in [2.24, 2.45) is 0 Å². The Morgan fingerprint density at radius 1 is 1.16 bits per heavy atom. The number of nitrogens with one attached hydrogen (secondary N) is 1. The standard InChI is InChI=1S/C20H21N3O2/c1-3-17(15-9-5-4-6-10-15)20(24)21-13-18-22-19(23-25-18)16-11-7-8-14(2)12-16/h4-12,17H,3,13H2,1-2H3,(H,21,24). The number of nitrogens with zero attached hydrogens (tertiary/aromatic N) is 2. The third kappa shape index (κ3) is 4.12. The molecule has 1 N–H and O–H groups in total. The predicted octanol–water partition coefficient (Wildman–Crippen LogP) is 3.86. The van der Waals surface area contributed by atoms with E-state index in [-0.39, 0.29) is 18.4 Å². The molecule has 3 rings (SSSR count). The highest BCUT2D eigenvalue weighted by molar-refractivity contribution is 5.83. The smallest absolute Gasteiger partial charge is 0.246 e. The molecule has 1 heterocycles. The molecule has 1 atom stereocenters. The average molecular weight is 335 g/mol. The van der Waals surface area contributed by atoms with Crippen molar-refractivity contribution in [1.82, 2.24) is 15.5 Å². The van der Waals surface area contributed by atoms with Crippen LogP contribution in [0.25, 0.3) is 11.4 Å². The van der Waals surface area contributed by atoms with Crippen LogP contribution in [0.4, 0.5) is 0 Å². The molecule has 5 nitrogen and oxygen atoms in total. The van der Waals surface area contributed by atoms with Crippen LogP contribution in [0.1, 0.15) is 36.3 Å². The van der Waals surface area contributed by atoms with E-state index < -0.39 is 0 Å². The lowest BCUT2D eigenvalue weighted by atomic mass is 9.96. The lowest BCUT2D eigenvalue weighted by molar-refractivity contribution is -0.122. The van der Waals surface area contributed by atoms with Crippen LogP contribution in [0.15, 0.2) is 59.1 Å². The summed E-state index contributed by atoms with van der Waals surface area (Å²) < 4.78 is 5.25. The molecular weight excluding hydrogens is 314 g/mol. The van der Waals surface area contributed by atoms with Gasteiger partial charge in [-0.05, 0) is 25.0 Å². The fourth-order valence-electron chi connectivity index (χ4n) is 2.77. The molecule has 0 saturated heterocycles. The van der Waals surface area contributed by atoms with Crippen molar-refractivity contribution in [3.8, 4) is 11.4 Å². The Labute approximate surface area is 147 Å². The number of carbonyl (C=O) groups excluding carboxylic acids is 1. The number of hydrogen-bond donors (Lipinski definition) is 1. The van der Waals surface area contributed by atoms with E-state index in [4.69, 9.17) is 4.52 Å². The number of amides is 1. The van der Waals surface area contributed by atoms with Crippen molar-refractivity contribution >= 4 is 5.91 Å². The van der Waals surface area contributed by atoms with Gasteiger partial charge < -0.3 is 9.84 Å². The fourth-order valence-corrected chi connectivity index (χ4v) is 2.77. The summed E-state index contributed by atoms with van der Waals surface area (Å²) in [5, 5.41) is 6.88. The Balaban J connectivity index is 1.65. The van der Waals surface area contributed by atoms with Gasteiger partial charge in [-0.25, -0.2) is 0 Å². The SMILES string of the molecule is CCC(C(=O)NCc1nc(-c2cccc(C)c2)no1)c1ccccc1. The molecular formula is C20H21N3O2. The van der Waals surface area contributed by atoms with Gasteiger partial charge in [-0.3, -0.25) is 4.79 Å². The van der Waals surface area contributed by atoms with Gasteiger partial charge in [0.15, 0.2) is 0 Å². The number of rotatable bonds is 6. The van der Waals surface area contributed by atoms with Crippen molar-refractivity contribution in [3.05, 3.63) is 71.6 Å². The van der Waals surface area contributed by atoms with Crippen LogP contribution in [0.3, 0.4) is 0 Å². The Kier molecular flexibility index (Phi) is 5.23. The van der Waals surface area contributed by atoms with Gasteiger partial charge in [0, 0.05) is 5.56 Å². The summed E-state index contributed by atoms with van der Waals surface area (Å²) in [5.41, 5.74) is 3.04. The van der Waals surface area contributed by atoms with Gasteiger partial charge >= 0.3 is 0 Å². The second-order valence-corrected chi connectivity index (χ2v) is 5.97. The highest BCUT2D eigenvalue weighted by Crippen LogP contribution is 2.20. The molecule has 3 aromatic rings. The molecule has 2 aromatic carbocycles. The Morgan fingerprint density at radius 3 is 2.68 bits per heavy atom. The largest absolute Gasteiger partial charge is 0.346 e. The molecule has 5 heteroatoms. The summed E-state index contributed by atoms with van der Waals surface area (Å²) in [4.78, 5) is 16.8. The molecule has 1 unspecified atom stereocenters. The normalized spacial score (nSPS) is 11.9. The first kappa shape index (κ1) is 16.9. The summed E-state index contributed by atoms with van der Waals surface area (Å²) in [6, 6.07) is 17.7. The summed E-state index contributed by atoms with van der Waals surface area (Å²) in [7, 11) is 0. The maximum absolute atomic E-state index is 12.5.